The minimum Gasteiger partial charge on any atom is -0.493 e. The summed E-state index contributed by atoms with van der Waals surface area (Å²) >= 11 is 0. The van der Waals surface area contributed by atoms with Crippen LogP contribution in [0.3, 0.4) is 0 Å². The number of hydrogen-bond donors (Lipinski definition) is 1. The Kier molecular flexibility index (Phi) is 6.37. The van der Waals surface area contributed by atoms with Gasteiger partial charge in [0, 0.05) is 11.8 Å². The molecule has 1 atom stereocenters. The lowest BCUT2D eigenvalue weighted by molar-refractivity contribution is -0.0512. The lowest BCUT2D eigenvalue weighted by Crippen LogP contribution is -2.26. The molecule has 27 heavy (non-hydrogen) atoms. The highest BCUT2D eigenvalue weighted by molar-refractivity contribution is 7.90. The number of amides is 1. The number of benzene rings is 2. The summed E-state index contributed by atoms with van der Waals surface area (Å²) in [6.07, 6.45) is 1.11. The van der Waals surface area contributed by atoms with Crippen LogP contribution in [0.2, 0.25) is 0 Å². The van der Waals surface area contributed by atoms with Gasteiger partial charge in [-0.25, -0.2) is 8.42 Å². The number of methoxy groups -OCH3 is 1. The largest absolute Gasteiger partial charge is 0.493 e. The SMILES string of the molecule is COc1ccc(C(=O)N[C@@H](C)c2ccc(S(C)(=O)=O)cc2)cc1OC(F)F. The summed E-state index contributed by atoms with van der Waals surface area (Å²) in [5.41, 5.74) is 0.805. The number of carbonyl (C=O) groups excluding carboxylic acids is 1. The third-order valence-corrected chi connectivity index (χ3v) is 4.93. The maximum atomic E-state index is 12.5. The molecule has 0 spiro atoms. The second-order valence-corrected chi connectivity index (χ2v) is 7.80. The molecule has 1 amide bonds. The number of nitrogens with one attached hydrogen (secondary N) is 1. The summed E-state index contributed by atoms with van der Waals surface area (Å²) in [5, 5.41) is 2.72. The highest BCUT2D eigenvalue weighted by Crippen LogP contribution is 2.29. The Hall–Kier alpha value is -2.68. The van der Waals surface area contributed by atoms with Crippen LogP contribution in [0, 0.1) is 0 Å². The molecular formula is C18H19F2NO5S. The topological polar surface area (TPSA) is 81.7 Å². The number of alkyl halides is 2. The molecule has 0 radical (unpaired) electrons. The molecule has 0 saturated heterocycles. The normalized spacial score (nSPS) is 12.5. The van der Waals surface area contributed by atoms with E-state index in [1.165, 1.54) is 37.4 Å². The van der Waals surface area contributed by atoms with Crippen LogP contribution in [0.15, 0.2) is 47.4 Å². The van der Waals surface area contributed by atoms with Gasteiger partial charge in [0.05, 0.1) is 18.0 Å². The average molecular weight is 399 g/mol. The highest BCUT2D eigenvalue weighted by atomic mass is 32.2. The smallest absolute Gasteiger partial charge is 0.387 e. The van der Waals surface area contributed by atoms with E-state index < -0.39 is 28.4 Å². The summed E-state index contributed by atoms with van der Waals surface area (Å²) in [4.78, 5) is 12.6. The van der Waals surface area contributed by atoms with E-state index in [1.807, 2.05) is 0 Å². The zero-order valence-electron chi connectivity index (χ0n) is 14.9. The Morgan fingerprint density at radius 3 is 2.22 bits per heavy atom. The standard InChI is InChI=1S/C18H19F2NO5S/c1-11(12-4-7-14(8-5-12)27(3,23)24)21-17(22)13-6-9-15(25-2)16(10-13)26-18(19)20/h4-11,18H,1-3H3,(H,21,22)/t11-/m0/s1. The van der Waals surface area contributed by atoms with Gasteiger partial charge in [0.15, 0.2) is 21.3 Å². The second-order valence-electron chi connectivity index (χ2n) is 5.78. The van der Waals surface area contributed by atoms with Crippen LogP contribution in [0.25, 0.3) is 0 Å². The van der Waals surface area contributed by atoms with Crippen molar-refractivity contribution >= 4 is 15.7 Å². The van der Waals surface area contributed by atoms with E-state index in [9.17, 15) is 22.0 Å². The fourth-order valence-electron chi connectivity index (χ4n) is 2.37. The van der Waals surface area contributed by atoms with Gasteiger partial charge < -0.3 is 14.8 Å². The lowest BCUT2D eigenvalue weighted by Gasteiger charge is -2.16. The molecule has 0 fully saturated rings. The molecule has 146 valence electrons. The molecule has 0 aliphatic carbocycles. The van der Waals surface area contributed by atoms with E-state index in [-0.39, 0.29) is 22.0 Å². The van der Waals surface area contributed by atoms with Crippen molar-refractivity contribution in [2.75, 3.05) is 13.4 Å². The summed E-state index contributed by atoms with van der Waals surface area (Å²) in [6, 6.07) is 9.61. The van der Waals surface area contributed by atoms with Crippen molar-refractivity contribution in [1.29, 1.82) is 0 Å². The van der Waals surface area contributed by atoms with Crippen molar-refractivity contribution in [2.24, 2.45) is 0 Å². The minimum absolute atomic E-state index is 0.0799. The number of halogens is 2. The van der Waals surface area contributed by atoms with Crippen molar-refractivity contribution in [2.45, 2.75) is 24.5 Å². The molecule has 2 aromatic carbocycles. The predicted molar refractivity (Wildman–Crippen MR) is 95.1 cm³/mol. The van der Waals surface area contributed by atoms with Gasteiger partial charge >= 0.3 is 6.61 Å². The molecule has 2 aromatic rings. The summed E-state index contributed by atoms with van der Waals surface area (Å²) in [7, 11) is -2.01. The molecule has 0 unspecified atom stereocenters. The predicted octanol–water partition coefficient (Wildman–Crippen LogP) is 3.19. The molecular weight excluding hydrogens is 380 g/mol. The van der Waals surface area contributed by atoms with Crippen LogP contribution in [0.5, 0.6) is 11.5 Å². The zero-order valence-corrected chi connectivity index (χ0v) is 15.7. The van der Waals surface area contributed by atoms with Crippen LogP contribution < -0.4 is 14.8 Å². The molecule has 2 rings (SSSR count). The van der Waals surface area contributed by atoms with Gasteiger partial charge in [-0.2, -0.15) is 8.78 Å². The molecule has 6 nitrogen and oxygen atoms in total. The Morgan fingerprint density at radius 1 is 1.07 bits per heavy atom. The van der Waals surface area contributed by atoms with Crippen molar-refractivity contribution in [1.82, 2.24) is 5.32 Å². The number of ether oxygens (including phenoxy) is 2. The fourth-order valence-corrected chi connectivity index (χ4v) is 3.00. The highest BCUT2D eigenvalue weighted by Gasteiger charge is 2.17. The van der Waals surface area contributed by atoms with Gasteiger partial charge in [-0.15, -0.1) is 0 Å². The van der Waals surface area contributed by atoms with Crippen LogP contribution >= 0.6 is 0 Å². The quantitative estimate of drug-likeness (QED) is 0.773. The zero-order chi connectivity index (χ0) is 20.2. The van der Waals surface area contributed by atoms with Crippen molar-refractivity contribution < 1.29 is 31.5 Å². The van der Waals surface area contributed by atoms with Gasteiger partial charge in [0.1, 0.15) is 0 Å². The monoisotopic (exact) mass is 399 g/mol. The van der Waals surface area contributed by atoms with Crippen LogP contribution in [0.1, 0.15) is 28.9 Å². The van der Waals surface area contributed by atoms with Gasteiger partial charge in [-0.3, -0.25) is 4.79 Å². The minimum atomic E-state index is -3.31. The van der Waals surface area contributed by atoms with Crippen LogP contribution in [-0.2, 0) is 9.84 Å². The first-order valence-electron chi connectivity index (χ1n) is 7.85. The Morgan fingerprint density at radius 2 is 1.70 bits per heavy atom. The summed E-state index contributed by atoms with van der Waals surface area (Å²) in [6.45, 7) is -1.34. The first-order valence-corrected chi connectivity index (χ1v) is 9.74. The number of hydrogen-bond acceptors (Lipinski definition) is 5. The van der Waals surface area contributed by atoms with E-state index in [1.54, 1.807) is 19.1 Å². The molecule has 1 N–H and O–H groups in total. The summed E-state index contributed by atoms with van der Waals surface area (Å²) < 4.78 is 57.3. The van der Waals surface area contributed by atoms with E-state index in [0.717, 1.165) is 6.26 Å². The van der Waals surface area contributed by atoms with Crippen molar-refractivity contribution in [3.63, 3.8) is 0 Å². The van der Waals surface area contributed by atoms with Gasteiger partial charge in [-0.05, 0) is 42.8 Å². The van der Waals surface area contributed by atoms with Crippen molar-refractivity contribution in [3.8, 4) is 11.5 Å². The molecule has 0 aliphatic rings. The first-order chi connectivity index (χ1) is 12.6. The number of rotatable bonds is 7. The molecule has 0 aliphatic heterocycles. The van der Waals surface area contributed by atoms with Gasteiger partial charge in [-0.1, -0.05) is 12.1 Å². The van der Waals surface area contributed by atoms with Crippen LogP contribution in [0.4, 0.5) is 8.78 Å². The Bertz CT molecular complexity index is 914. The maximum absolute atomic E-state index is 12.5. The molecule has 0 heterocycles. The van der Waals surface area contributed by atoms with E-state index >= 15 is 0 Å². The number of carbonyl (C=O) groups is 1. The van der Waals surface area contributed by atoms with Gasteiger partial charge in [0.25, 0.3) is 5.91 Å². The third-order valence-electron chi connectivity index (χ3n) is 3.80. The maximum Gasteiger partial charge on any atom is 0.387 e. The van der Waals surface area contributed by atoms with E-state index in [2.05, 4.69) is 10.1 Å². The average Bonchev–Trinajstić information content (AvgIpc) is 2.60. The number of sulfone groups is 1. The van der Waals surface area contributed by atoms with Crippen LogP contribution in [-0.4, -0.2) is 34.3 Å². The molecule has 0 saturated carbocycles. The Balaban J connectivity index is 2.16. The first kappa shape index (κ1) is 20.6. The fraction of sp³-hybridized carbons (Fsp3) is 0.278. The Labute approximate surface area is 156 Å². The van der Waals surface area contributed by atoms with Crippen molar-refractivity contribution in [3.05, 3.63) is 53.6 Å². The van der Waals surface area contributed by atoms with E-state index in [0.29, 0.717) is 5.56 Å². The van der Waals surface area contributed by atoms with E-state index in [4.69, 9.17) is 4.74 Å². The summed E-state index contributed by atoms with van der Waals surface area (Å²) in [5.74, 6) is -0.668. The van der Waals surface area contributed by atoms with Gasteiger partial charge in [0.2, 0.25) is 0 Å². The lowest BCUT2D eigenvalue weighted by atomic mass is 10.1. The molecule has 0 aromatic heterocycles. The molecule has 9 heteroatoms. The third kappa shape index (κ3) is 5.40. The molecule has 0 bridgehead atoms. The second kappa shape index (κ2) is 8.34.